The van der Waals surface area contributed by atoms with E-state index in [2.05, 4.69) is 69.4 Å². The second-order valence-electron chi connectivity index (χ2n) is 19.2. The van der Waals surface area contributed by atoms with Crippen molar-refractivity contribution in [3.8, 4) is 0 Å². The van der Waals surface area contributed by atoms with Crippen molar-refractivity contribution in [2.45, 2.75) is 303 Å². The Kier molecular flexibility index (Phi) is 52.8. The van der Waals surface area contributed by atoms with Gasteiger partial charge in [-0.15, -0.1) is 0 Å². The van der Waals surface area contributed by atoms with Crippen molar-refractivity contribution in [3.63, 3.8) is 0 Å². The summed E-state index contributed by atoms with van der Waals surface area (Å²) in [5, 5.41) is 0. The molecule has 0 aromatic carbocycles. The van der Waals surface area contributed by atoms with Crippen molar-refractivity contribution in [1.82, 2.24) is 0 Å². The van der Waals surface area contributed by atoms with Crippen LogP contribution in [0.4, 0.5) is 0 Å². The molecule has 6 heteroatoms. The Hall–Kier alpha value is -2.63. The predicted octanol–water partition coefficient (Wildman–Crippen LogP) is 19.0. The fraction of sp³-hybridized carbons (Fsp3) is 0.817. The van der Waals surface area contributed by atoms with Crippen molar-refractivity contribution in [2.24, 2.45) is 0 Å². The van der Waals surface area contributed by atoms with Gasteiger partial charge in [0.05, 0.1) is 0 Å². The van der Waals surface area contributed by atoms with Crippen LogP contribution >= 0.6 is 0 Å². The Morgan fingerprint density at radius 2 is 0.561 bits per heavy atom. The number of carbonyl (C=O) groups is 3. The lowest BCUT2D eigenvalue weighted by Crippen LogP contribution is -2.30. The van der Waals surface area contributed by atoms with Gasteiger partial charge in [-0.3, -0.25) is 14.4 Å². The van der Waals surface area contributed by atoms with E-state index in [4.69, 9.17) is 14.2 Å². The normalized spacial score (nSPS) is 12.3. The lowest BCUT2D eigenvalue weighted by atomic mass is 10.0. The standard InChI is InChI=1S/C60H108O6/c1-4-7-10-13-16-18-20-22-24-25-26-27-28-29-30-31-32-33-34-35-36-38-39-41-44-47-50-53-59(62)65-56-57(55-64-58(61)52-49-46-43-15-12-9-6-3)66-60(63)54-51-48-45-42-40-37-23-21-19-17-14-11-8-5-2/h14,17,20-23,25-26,57H,4-13,15-16,18-19,24,27-56H2,1-3H3/b17-14-,22-20-,23-21-,26-25-. The van der Waals surface area contributed by atoms with Gasteiger partial charge in [-0.2, -0.15) is 0 Å². The third-order valence-electron chi connectivity index (χ3n) is 12.6. The molecule has 1 unspecified atom stereocenters. The van der Waals surface area contributed by atoms with Gasteiger partial charge in [-0.25, -0.2) is 0 Å². The van der Waals surface area contributed by atoms with Gasteiger partial charge in [0.25, 0.3) is 0 Å². The van der Waals surface area contributed by atoms with Gasteiger partial charge in [0, 0.05) is 19.3 Å². The first-order chi connectivity index (χ1) is 32.5. The minimum atomic E-state index is -0.775. The van der Waals surface area contributed by atoms with Gasteiger partial charge in [0.2, 0.25) is 0 Å². The number of hydrogen-bond donors (Lipinski definition) is 0. The number of esters is 3. The highest BCUT2D eigenvalue weighted by Crippen LogP contribution is 2.16. The highest BCUT2D eigenvalue weighted by atomic mass is 16.6. The molecule has 0 aromatic heterocycles. The maximum absolute atomic E-state index is 12.8. The van der Waals surface area contributed by atoms with Gasteiger partial charge >= 0.3 is 17.9 Å². The average molecular weight is 926 g/mol. The van der Waals surface area contributed by atoms with E-state index in [-0.39, 0.29) is 31.1 Å². The molecular weight excluding hydrogens is 817 g/mol. The van der Waals surface area contributed by atoms with Gasteiger partial charge in [-0.1, -0.05) is 249 Å². The van der Waals surface area contributed by atoms with Crippen LogP contribution < -0.4 is 0 Å². The molecule has 66 heavy (non-hydrogen) atoms. The number of hydrogen-bond acceptors (Lipinski definition) is 6. The maximum Gasteiger partial charge on any atom is 0.306 e. The summed E-state index contributed by atoms with van der Waals surface area (Å²) in [6, 6.07) is 0. The average Bonchev–Trinajstić information content (AvgIpc) is 3.31. The summed E-state index contributed by atoms with van der Waals surface area (Å²) in [6.07, 6.45) is 67.0. The summed E-state index contributed by atoms with van der Waals surface area (Å²) in [4.78, 5) is 37.9. The van der Waals surface area contributed by atoms with Crippen LogP contribution in [0, 0.1) is 0 Å². The molecule has 0 aliphatic rings. The minimum Gasteiger partial charge on any atom is -0.462 e. The number of ether oxygens (including phenoxy) is 3. The predicted molar refractivity (Wildman–Crippen MR) is 284 cm³/mol. The van der Waals surface area contributed by atoms with Crippen molar-refractivity contribution in [3.05, 3.63) is 48.6 Å². The van der Waals surface area contributed by atoms with Crippen LogP contribution in [-0.4, -0.2) is 37.2 Å². The summed E-state index contributed by atoms with van der Waals surface area (Å²) >= 11 is 0. The van der Waals surface area contributed by atoms with E-state index in [1.807, 2.05) is 0 Å². The minimum absolute atomic E-state index is 0.0764. The highest BCUT2D eigenvalue weighted by Gasteiger charge is 2.19. The summed E-state index contributed by atoms with van der Waals surface area (Å²) in [7, 11) is 0. The molecule has 0 N–H and O–H groups in total. The molecule has 0 bridgehead atoms. The third kappa shape index (κ3) is 52.3. The lowest BCUT2D eigenvalue weighted by Gasteiger charge is -2.18. The quantitative estimate of drug-likeness (QED) is 0.0262. The van der Waals surface area contributed by atoms with E-state index in [1.54, 1.807) is 0 Å². The molecule has 0 fully saturated rings. The van der Waals surface area contributed by atoms with E-state index in [9.17, 15) is 14.4 Å². The number of unbranched alkanes of at least 4 members (excludes halogenated alkanes) is 33. The Morgan fingerprint density at radius 1 is 0.303 bits per heavy atom. The topological polar surface area (TPSA) is 78.9 Å². The van der Waals surface area contributed by atoms with Crippen LogP contribution in [0.5, 0.6) is 0 Å². The molecule has 0 amide bonds. The molecule has 384 valence electrons. The van der Waals surface area contributed by atoms with Crippen LogP contribution in [0.1, 0.15) is 297 Å². The summed E-state index contributed by atoms with van der Waals surface area (Å²) in [6.45, 7) is 6.56. The van der Waals surface area contributed by atoms with E-state index < -0.39 is 6.10 Å². The molecule has 0 heterocycles. The van der Waals surface area contributed by atoms with Crippen LogP contribution in [0.15, 0.2) is 48.6 Å². The Morgan fingerprint density at radius 3 is 0.879 bits per heavy atom. The number of rotatable bonds is 52. The molecule has 0 saturated carbocycles. The van der Waals surface area contributed by atoms with Crippen LogP contribution in [-0.2, 0) is 28.6 Å². The van der Waals surface area contributed by atoms with Crippen LogP contribution in [0.25, 0.3) is 0 Å². The second-order valence-corrected chi connectivity index (χ2v) is 19.2. The van der Waals surface area contributed by atoms with Gasteiger partial charge in [0.1, 0.15) is 13.2 Å². The lowest BCUT2D eigenvalue weighted by molar-refractivity contribution is -0.167. The smallest absolute Gasteiger partial charge is 0.306 e. The first kappa shape index (κ1) is 63.4. The highest BCUT2D eigenvalue weighted by molar-refractivity contribution is 5.71. The maximum atomic E-state index is 12.8. The number of carbonyl (C=O) groups excluding carboxylic acids is 3. The summed E-state index contributed by atoms with van der Waals surface area (Å²) < 4.78 is 16.8. The summed E-state index contributed by atoms with van der Waals surface area (Å²) in [5.74, 6) is -0.887. The number of allylic oxidation sites excluding steroid dienone is 8. The van der Waals surface area contributed by atoms with Crippen molar-refractivity contribution in [1.29, 1.82) is 0 Å². The molecule has 6 nitrogen and oxygen atoms in total. The fourth-order valence-corrected chi connectivity index (χ4v) is 8.20. The van der Waals surface area contributed by atoms with Crippen LogP contribution in [0.2, 0.25) is 0 Å². The van der Waals surface area contributed by atoms with Gasteiger partial charge in [0.15, 0.2) is 6.10 Å². The molecule has 0 aliphatic heterocycles. The zero-order valence-corrected chi connectivity index (χ0v) is 44.0. The first-order valence-electron chi connectivity index (χ1n) is 28.6. The van der Waals surface area contributed by atoms with Crippen molar-refractivity contribution < 1.29 is 28.6 Å². The zero-order valence-electron chi connectivity index (χ0n) is 44.0. The Bertz CT molecular complexity index is 1150. The largest absolute Gasteiger partial charge is 0.462 e. The Balaban J connectivity index is 4.08. The summed E-state index contributed by atoms with van der Waals surface area (Å²) in [5.41, 5.74) is 0. The van der Waals surface area contributed by atoms with Gasteiger partial charge < -0.3 is 14.2 Å². The SMILES string of the molecule is CCCC/C=C\C/C=C\CCCCCCCC(=O)OC(COC(=O)CCCCCCCCC)COC(=O)CCCCCCCCCCCCCCCCC/C=C\C/C=C\CCCCCCC. The van der Waals surface area contributed by atoms with E-state index in [0.29, 0.717) is 19.3 Å². The van der Waals surface area contributed by atoms with E-state index in [1.165, 1.54) is 167 Å². The zero-order chi connectivity index (χ0) is 47.9. The molecule has 0 aromatic rings. The first-order valence-corrected chi connectivity index (χ1v) is 28.6. The van der Waals surface area contributed by atoms with Crippen LogP contribution in [0.3, 0.4) is 0 Å². The molecule has 0 radical (unpaired) electrons. The molecule has 0 spiro atoms. The second kappa shape index (κ2) is 55.0. The molecule has 1 atom stereocenters. The van der Waals surface area contributed by atoms with E-state index >= 15 is 0 Å². The third-order valence-corrected chi connectivity index (χ3v) is 12.6. The molecule has 0 saturated heterocycles. The fourth-order valence-electron chi connectivity index (χ4n) is 8.20. The molecule has 0 aliphatic carbocycles. The molecular formula is C60H108O6. The monoisotopic (exact) mass is 925 g/mol. The molecule has 0 rings (SSSR count). The van der Waals surface area contributed by atoms with Crippen molar-refractivity contribution in [2.75, 3.05) is 13.2 Å². The van der Waals surface area contributed by atoms with Crippen molar-refractivity contribution >= 4 is 17.9 Å². The Labute approximate surface area is 409 Å². The van der Waals surface area contributed by atoms with Gasteiger partial charge in [-0.05, 0) is 77.0 Å². The van der Waals surface area contributed by atoms with E-state index in [0.717, 1.165) is 89.9 Å².